The van der Waals surface area contributed by atoms with Crippen LogP contribution >= 0.6 is 0 Å². The third-order valence-electron chi connectivity index (χ3n) is 5.62. The first kappa shape index (κ1) is 23.0. The highest BCUT2D eigenvalue weighted by Crippen LogP contribution is 2.33. The summed E-state index contributed by atoms with van der Waals surface area (Å²) in [5.74, 6) is 1.41. The molecule has 10 heteroatoms. The van der Waals surface area contributed by atoms with Gasteiger partial charge in [0.05, 0.1) is 11.3 Å². The smallest absolute Gasteiger partial charge is 0.253 e. The van der Waals surface area contributed by atoms with Crippen LogP contribution in [0.5, 0.6) is 23.0 Å². The van der Waals surface area contributed by atoms with Gasteiger partial charge < -0.3 is 34.9 Å². The second-order valence-corrected chi connectivity index (χ2v) is 8.18. The number of hydrogen-bond acceptors (Lipinski definition) is 7. The highest BCUT2D eigenvalue weighted by atomic mass is 16.7. The van der Waals surface area contributed by atoms with Gasteiger partial charge in [-0.1, -0.05) is 12.1 Å². The Morgan fingerprint density at radius 3 is 1.83 bits per heavy atom. The molecule has 0 atom stereocenters. The van der Waals surface area contributed by atoms with Gasteiger partial charge in [0.2, 0.25) is 19.5 Å². The lowest BCUT2D eigenvalue weighted by Gasteiger charge is -2.13. The Hall–Kier alpha value is -4.73. The van der Waals surface area contributed by atoms with Gasteiger partial charge >= 0.3 is 0 Å². The molecule has 2 aliphatic rings. The fourth-order valence-corrected chi connectivity index (χ4v) is 3.84. The average Bonchev–Trinajstić information content (AvgIpc) is 3.54. The molecule has 0 aliphatic carbocycles. The largest absolute Gasteiger partial charge is 0.454 e. The van der Waals surface area contributed by atoms with Crippen LogP contribution in [0.3, 0.4) is 0 Å². The molecule has 0 unspecified atom stereocenters. The molecule has 2 aliphatic heterocycles. The van der Waals surface area contributed by atoms with Crippen molar-refractivity contribution in [1.29, 1.82) is 0 Å². The van der Waals surface area contributed by atoms with Crippen LogP contribution in [0.4, 0.5) is 5.69 Å². The van der Waals surface area contributed by atoms with E-state index in [-0.39, 0.29) is 49.6 Å². The predicted molar refractivity (Wildman–Crippen MR) is 128 cm³/mol. The number of fused-ring (bicyclic) bond motifs is 2. The van der Waals surface area contributed by atoms with Crippen LogP contribution in [0.25, 0.3) is 0 Å². The van der Waals surface area contributed by atoms with E-state index in [0.29, 0.717) is 28.7 Å². The minimum Gasteiger partial charge on any atom is -0.454 e. The van der Waals surface area contributed by atoms with Gasteiger partial charge in [0.1, 0.15) is 0 Å². The Bertz CT molecular complexity index is 1360. The molecule has 0 saturated carbocycles. The van der Waals surface area contributed by atoms with Crippen LogP contribution in [0.1, 0.15) is 38.8 Å². The molecule has 0 saturated heterocycles. The van der Waals surface area contributed by atoms with E-state index in [2.05, 4.69) is 16.0 Å². The monoisotopic (exact) mass is 489 g/mol. The molecule has 3 amide bonds. The summed E-state index contributed by atoms with van der Waals surface area (Å²) in [7, 11) is 0. The summed E-state index contributed by atoms with van der Waals surface area (Å²) >= 11 is 0. The van der Waals surface area contributed by atoms with Crippen LogP contribution in [-0.2, 0) is 17.9 Å². The van der Waals surface area contributed by atoms with E-state index in [9.17, 15) is 14.4 Å². The van der Waals surface area contributed by atoms with Crippen molar-refractivity contribution in [1.82, 2.24) is 10.6 Å². The molecule has 3 aromatic carbocycles. The van der Waals surface area contributed by atoms with E-state index in [4.69, 9.17) is 18.9 Å². The maximum absolute atomic E-state index is 13.0. The number of carbonyl (C=O) groups excluding carboxylic acids is 3. The van der Waals surface area contributed by atoms with Gasteiger partial charge in [-0.3, -0.25) is 14.4 Å². The van der Waals surface area contributed by atoms with E-state index in [1.54, 1.807) is 30.3 Å². The molecule has 0 fully saturated rings. The zero-order chi connectivity index (χ0) is 25.1. The Kier molecular flexibility index (Phi) is 6.31. The Morgan fingerprint density at radius 2 is 1.25 bits per heavy atom. The van der Waals surface area contributed by atoms with Crippen molar-refractivity contribution in [2.45, 2.75) is 20.0 Å². The highest BCUT2D eigenvalue weighted by molar-refractivity contribution is 6.06. The predicted octanol–water partition coefficient (Wildman–Crippen LogP) is 2.96. The minimum absolute atomic E-state index is 0.161. The number of anilines is 1. The Labute approximate surface area is 206 Å². The molecular formula is C26H23N3O7. The number of rotatable bonds is 7. The number of hydrogen-bond donors (Lipinski definition) is 3. The first-order valence-electron chi connectivity index (χ1n) is 11.2. The fourth-order valence-electron chi connectivity index (χ4n) is 3.84. The van der Waals surface area contributed by atoms with Crippen molar-refractivity contribution in [3.05, 3.63) is 76.9 Å². The van der Waals surface area contributed by atoms with Gasteiger partial charge in [-0.2, -0.15) is 0 Å². The second-order valence-electron chi connectivity index (χ2n) is 8.18. The third kappa shape index (κ3) is 5.02. The van der Waals surface area contributed by atoms with Crippen LogP contribution in [0.2, 0.25) is 0 Å². The van der Waals surface area contributed by atoms with Crippen molar-refractivity contribution in [3.63, 3.8) is 0 Å². The summed E-state index contributed by atoms with van der Waals surface area (Å²) in [6.07, 6.45) is 0. The highest BCUT2D eigenvalue weighted by Gasteiger charge is 2.18. The third-order valence-corrected chi connectivity index (χ3v) is 5.62. The zero-order valence-corrected chi connectivity index (χ0v) is 19.4. The number of carbonyl (C=O) groups is 3. The molecule has 2 heterocycles. The molecule has 0 aromatic heterocycles. The van der Waals surface area contributed by atoms with Gasteiger partial charge in [0.25, 0.3) is 11.8 Å². The summed E-state index contributed by atoms with van der Waals surface area (Å²) in [4.78, 5) is 37.5. The molecule has 3 aromatic rings. The summed E-state index contributed by atoms with van der Waals surface area (Å²) in [6.45, 7) is 2.16. The van der Waals surface area contributed by atoms with E-state index in [0.717, 1.165) is 11.1 Å². The summed E-state index contributed by atoms with van der Waals surface area (Å²) in [5, 5.41) is 8.30. The molecule has 3 N–H and O–H groups in total. The molecular weight excluding hydrogens is 466 g/mol. The summed E-state index contributed by atoms with van der Waals surface area (Å²) in [6, 6.07) is 15.4. The van der Waals surface area contributed by atoms with Gasteiger partial charge in [-0.15, -0.1) is 0 Å². The normalized spacial score (nSPS) is 12.7. The fraction of sp³-hybridized carbons (Fsp3) is 0.192. The summed E-state index contributed by atoms with van der Waals surface area (Å²) < 4.78 is 21.3. The van der Waals surface area contributed by atoms with Crippen molar-refractivity contribution in [3.8, 4) is 23.0 Å². The maximum atomic E-state index is 13.0. The van der Waals surface area contributed by atoms with Crippen LogP contribution in [0.15, 0.2) is 54.6 Å². The lowest BCUT2D eigenvalue weighted by Crippen LogP contribution is -2.26. The Morgan fingerprint density at radius 1 is 0.694 bits per heavy atom. The quantitative estimate of drug-likeness (QED) is 0.466. The summed E-state index contributed by atoms with van der Waals surface area (Å²) in [5.41, 5.74) is 2.40. The first-order chi connectivity index (χ1) is 17.5. The molecule has 0 spiro atoms. The lowest BCUT2D eigenvalue weighted by atomic mass is 10.1. The van der Waals surface area contributed by atoms with Gasteiger partial charge in [-0.05, 0) is 53.6 Å². The molecule has 5 rings (SSSR count). The number of benzene rings is 3. The average molecular weight is 489 g/mol. The first-order valence-corrected chi connectivity index (χ1v) is 11.2. The SMILES string of the molecule is CC(=O)Nc1ccc(C(=O)NCc2ccc3c(c2)OCO3)cc1C(=O)NCc1ccc2c(c1)OCO2. The van der Waals surface area contributed by atoms with Crippen molar-refractivity contribution in [2.24, 2.45) is 0 Å². The Balaban J connectivity index is 1.28. The molecule has 184 valence electrons. The van der Waals surface area contributed by atoms with E-state index >= 15 is 0 Å². The molecule has 0 bridgehead atoms. The maximum Gasteiger partial charge on any atom is 0.253 e. The number of ether oxygens (including phenoxy) is 4. The topological polar surface area (TPSA) is 124 Å². The molecule has 0 radical (unpaired) electrons. The molecule has 10 nitrogen and oxygen atoms in total. The van der Waals surface area contributed by atoms with Crippen molar-refractivity contribution >= 4 is 23.4 Å². The molecule has 36 heavy (non-hydrogen) atoms. The van der Waals surface area contributed by atoms with Crippen LogP contribution in [-0.4, -0.2) is 31.3 Å². The van der Waals surface area contributed by atoms with E-state index in [1.807, 2.05) is 12.1 Å². The van der Waals surface area contributed by atoms with Gasteiger partial charge in [0.15, 0.2) is 23.0 Å². The standard InChI is InChI=1S/C26H23N3O7/c1-15(30)29-20-5-4-18(25(31)27-11-16-2-6-21-23(8-16)35-13-33-21)10-19(20)26(32)28-12-17-3-7-22-24(9-17)36-14-34-22/h2-10H,11-14H2,1H3,(H,27,31)(H,28,32)(H,29,30). The lowest BCUT2D eigenvalue weighted by molar-refractivity contribution is -0.114. The minimum atomic E-state index is -0.443. The van der Waals surface area contributed by atoms with E-state index < -0.39 is 5.91 Å². The zero-order valence-electron chi connectivity index (χ0n) is 19.4. The second kappa shape index (κ2) is 9.87. The van der Waals surface area contributed by atoms with Gasteiger partial charge in [-0.25, -0.2) is 0 Å². The van der Waals surface area contributed by atoms with E-state index in [1.165, 1.54) is 19.1 Å². The van der Waals surface area contributed by atoms with Gasteiger partial charge in [0, 0.05) is 25.6 Å². The number of nitrogens with one attached hydrogen (secondary N) is 3. The van der Waals surface area contributed by atoms with Crippen LogP contribution < -0.4 is 34.9 Å². The number of amides is 3. The van der Waals surface area contributed by atoms with Crippen LogP contribution in [0, 0.1) is 0 Å². The van der Waals surface area contributed by atoms with Crippen molar-refractivity contribution in [2.75, 3.05) is 18.9 Å². The van der Waals surface area contributed by atoms with Crippen molar-refractivity contribution < 1.29 is 33.3 Å².